The zero-order valence-electron chi connectivity index (χ0n) is 16.2. The van der Waals surface area contributed by atoms with Crippen LogP contribution >= 0.6 is 11.3 Å². The van der Waals surface area contributed by atoms with Gasteiger partial charge >= 0.3 is 0 Å². The Morgan fingerprint density at radius 3 is 2.72 bits per heavy atom. The van der Waals surface area contributed by atoms with E-state index in [4.69, 9.17) is 9.15 Å². The molecule has 1 atom stereocenters. The van der Waals surface area contributed by atoms with Crippen LogP contribution in [-0.2, 0) is 4.74 Å². The number of carbonyl (C=O) groups excluding carboxylic acids is 1. The first-order valence-electron chi connectivity index (χ1n) is 9.85. The molecule has 0 spiro atoms. The van der Waals surface area contributed by atoms with Crippen LogP contribution < -0.4 is 5.43 Å². The fourth-order valence-corrected chi connectivity index (χ4v) is 5.03. The van der Waals surface area contributed by atoms with Crippen molar-refractivity contribution in [3.05, 3.63) is 67.7 Å². The van der Waals surface area contributed by atoms with Gasteiger partial charge < -0.3 is 14.1 Å². The first kappa shape index (κ1) is 18.5. The molecule has 2 aliphatic rings. The third kappa shape index (κ3) is 3.19. The molecule has 1 saturated heterocycles. The minimum Gasteiger partial charge on any atom is -0.450 e. The van der Waals surface area contributed by atoms with Crippen LogP contribution in [-0.4, -0.2) is 55.1 Å². The second-order valence-corrected chi connectivity index (χ2v) is 8.52. The van der Waals surface area contributed by atoms with E-state index in [2.05, 4.69) is 4.90 Å². The number of aryl methyl sites for hydroxylation is 1. The maximum Gasteiger partial charge on any atom is 0.290 e. The van der Waals surface area contributed by atoms with Crippen molar-refractivity contribution in [3.8, 4) is 0 Å². The SMILES string of the molecule is Cc1ccc2oc3c(c(=O)c2c1)[C@@H](c1cccs1)N(CCN1CCOCC1)C3=O. The molecule has 0 radical (unpaired) electrons. The van der Waals surface area contributed by atoms with Crippen LogP contribution in [0.5, 0.6) is 0 Å². The number of benzene rings is 1. The van der Waals surface area contributed by atoms with Crippen molar-refractivity contribution in [3.63, 3.8) is 0 Å². The van der Waals surface area contributed by atoms with Gasteiger partial charge in [-0.1, -0.05) is 17.7 Å². The summed E-state index contributed by atoms with van der Waals surface area (Å²) in [4.78, 5) is 31.8. The molecule has 0 bridgehead atoms. The molecule has 4 heterocycles. The fraction of sp³-hybridized carbons (Fsp3) is 0.364. The van der Waals surface area contributed by atoms with Crippen LogP contribution in [0.2, 0.25) is 0 Å². The molecule has 2 aliphatic heterocycles. The number of amides is 1. The standard InChI is InChI=1S/C22H22N2O4S/c1-14-4-5-16-15(13-14)20(25)18-19(17-3-2-12-29-17)24(22(26)21(18)28-16)7-6-23-8-10-27-11-9-23/h2-5,12-13,19H,6-11H2,1H3/t19-/m1/s1. The Kier molecular flexibility index (Phi) is 4.73. The van der Waals surface area contributed by atoms with Crippen molar-refractivity contribution in [2.45, 2.75) is 13.0 Å². The van der Waals surface area contributed by atoms with E-state index in [-0.39, 0.29) is 23.1 Å². The van der Waals surface area contributed by atoms with Crippen molar-refractivity contribution in [1.29, 1.82) is 0 Å². The molecular weight excluding hydrogens is 388 g/mol. The maximum absolute atomic E-state index is 13.4. The Hall–Kier alpha value is -2.48. The van der Waals surface area contributed by atoms with Gasteiger partial charge in [0.25, 0.3) is 5.91 Å². The van der Waals surface area contributed by atoms with Gasteiger partial charge in [-0.2, -0.15) is 0 Å². The highest BCUT2D eigenvalue weighted by Gasteiger charge is 2.43. The third-order valence-corrected chi connectivity index (χ3v) is 6.62. The quantitative estimate of drug-likeness (QED) is 0.662. The summed E-state index contributed by atoms with van der Waals surface area (Å²) >= 11 is 1.56. The van der Waals surface area contributed by atoms with Gasteiger partial charge in [0.1, 0.15) is 5.58 Å². The molecule has 0 aliphatic carbocycles. The number of ether oxygens (including phenoxy) is 1. The molecule has 5 rings (SSSR count). The Balaban J connectivity index is 1.58. The third-order valence-electron chi connectivity index (χ3n) is 5.69. The first-order valence-corrected chi connectivity index (χ1v) is 10.7. The van der Waals surface area contributed by atoms with E-state index < -0.39 is 0 Å². The van der Waals surface area contributed by atoms with Crippen molar-refractivity contribution in [2.24, 2.45) is 0 Å². The van der Waals surface area contributed by atoms with Gasteiger partial charge in [-0.25, -0.2) is 0 Å². The summed E-state index contributed by atoms with van der Waals surface area (Å²) in [6.45, 7) is 6.39. The Bertz CT molecular complexity index is 1120. The maximum atomic E-state index is 13.4. The smallest absolute Gasteiger partial charge is 0.290 e. The van der Waals surface area contributed by atoms with Gasteiger partial charge in [0.15, 0.2) is 5.43 Å². The highest BCUT2D eigenvalue weighted by Crippen LogP contribution is 2.39. The largest absolute Gasteiger partial charge is 0.450 e. The lowest BCUT2D eigenvalue weighted by molar-refractivity contribution is 0.0315. The van der Waals surface area contributed by atoms with E-state index in [0.717, 1.165) is 30.1 Å². The zero-order valence-corrected chi connectivity index (χ0v) is 17.0. The molecule has 7 heteroatoms. The molecule has 0 N–H and O–H groups in total. The minimum absolute atomic E-state index is 0.106. The molecule has 1 aromatic carbocycles. The topological polar surface area (TPSA) is 63.0 Å². The van der Waals surface area contributed by atoms with Gasteiger partial charge in [-0.15, -0.1) is 11.3 Å². The molecule has 2 aromatic heterocycles. The van der Waals surface area contributed by atoms with Crippen LogP contribution in [0.1, 0.15) is 32.6 Å². The summed E-state index contributed by atoms with van der Waals surface area (Å²) in [5.74, 6) is -0.0158. The highest BCUT2D eigenvalue weighted by atomic mass is 32.1. The summed E-state index contributed by atoms with van der Waals surface area (Å²) < 4.78 is 11.4. The lowest BCUT2D eigenvalue weighted by atomic mass is 10.0. The summed E-state index contributed by atoms with van der Waals surface area (Å²) in [7, 11) is 0. The van der Waals surface area contributed by atoms with Gasteiger partial charge in [0.2, 0.25) is 5.76 Å². The Labute approximate surface area is 172 Å². The van der Waals surface area contributed by atoms with E-state index in [1.165, 1.54) is 0 Å². The number of nitrogens with zero attached hydrogens (tertiary/aromatic N) is 2. The van der Waals surface area contributed by atoms with Crippen molar-refractivity contribution >= 4 is 28.2 Å². The van der Waals surface area contributed by atoms with E-state index >= 15 is 0 Å². The summed E-state index contributed by atoms with van der Waals surface area (Å²) in [5, 5.41) is 2.51. The van der Waals surface area contributed by atoms with Crippen molar-refractivity contribution in [1.82, 2.24) is 9.80 Å². The van der Waals surface area contributed by atoms with Crippen LogP contribution in [0, 0.1) is 6.92 Å². The van der Waals surface area contributed by atoms with Crippen LogP contribution in [0.3, 0.4) is 0 Å². The lowest BCUT2D eigenvalue weighted by Gasteiger charge is -2.30. The predicted molar refractivity (Wildman–Crippen MR) is 112 cm³/mol. The summed E-state index contributed by atoms with van der Waals surface area (Å²) in [6.07, 6.45) is 0. The molecule has 29 heavy (non-hydrogen) atoms. The van der Waals surface area contributed by atoms with Gasteiger partial charge in [-0.05, 0) is 30.5 Å². The molecule has 3 aromatic rings. The van der Waals surface area contributed by atoms with Crippen LogP contribution in [0.15, 0.2) is 44.9 Å². The number of hydrogen-bond acceptors (Lipinski definition) is 6. The summed E-state index contributed by atoms with van der Waals surface area (Å²) in [5.41, 5.74) is 1.82. The van der Waals surface area contributed by atoms with Gasteiger partial charge in [0.05, 0.1) is 30.2 Å². The molecular formula is C22H22N2O4S. The van der Waals surface area contributed by atoms with Crippen LogP contribution in [0.25, 0.3) is 11.0 Å². The molecule has 150 valence electrons. The molecule has 1 amide bonds. The van der Waals surface area contributed by atoms with Gasteiger partial charge in [0, 0.05) is 31.1 Å². The second kappa shape index (κ2) is 7.40. The van der Waals surface area contributed by atoms with E-state index in [1.807, 2.05) is 36.6 Å². The summed E-state index contributed by atoms with van der Waals surface area (Å²) in [6, 6.07) is 9.06. The van der Waals surface area contributed by atoms with Crippen LogP contribution in [0.4, 0.5) is 0 Å². The lowest BCUT2D eigenvalue weighted by Crippen LogP contribution is -2.42. The Morgan fingerprint density at radius 2 is 1.97 bits per heavy atom. The van der Waals surface area contributed by atoms with E-state index in [0.29, 0.717) is 36.3 Å². The average molecular weight is 410 g/mol. The van der Waals surface area contributed by atoms with Crippen molar-refractivity contribution < 1.29 is 13.9 Å². The van der Waals surface area contributed by atoms with Crippen molar-refractivity contribution in [2.75, 3.05) is 39.4 Å². The zero-order chi connectivity index (χ0) is 20.0. The fourth-order valence-electron chi connectivity index (χ4n) is 4.18. The normalized spacial score (nSPS) is 19.8. The minimum atomic E-state index is -0.389. The number of fused-ring (bicyclic) bond motifs is 2. The van der Waals surface area contributed by atoms with E-state index in [1.54, 1.807) is 22.3 Å². The molecule has 1 fully saturated rings. The molecule has 0 unspecified atom stereocenters. The predicted octanol–water partition coefficient (Wildman–Crippen LogP) is 3.04. The van der Waals surface area contributed by atoms with Gasteiger partial charge in [-0.3, -0.25) is 14.5 Å². The second-order valence-electron chi connectivity index (χ2n) is 7.54. The highest BCUT2D eigenvalue weighted by molar-refractivity contribution is 7.10. The number of rotatable bonds is 4. The molecule has 0 saturated carbocycles. The van der Waals surface area contributed by atoms with E-state index in [9.17, 15) is 9.59 Å². The number of thiophene rings is 1. The first-order chi connectivity index (χ1) is 14.1. The number of carbonyl (C=O) groups is 1. The monoisotopic (exact) mass is 410 g/mol. The Morgan fingerprint density at radius 1 is 1.14 bits per heavy atom. The number of hydrogen-bond donors (Lipinski definition) is 0. The number of morpholine rings is 1. The average Bonchev–Trinajstić information content (AvgIpc) is 3.35. The molecule has 6 nitrogen and oxygen atoms in total.